The predicted octanol–water partition coefficient (Wildman–Crippen LogP) is 3.40. The maximum Gasteiger partial charge on any atom is 0.222 e. The van der Waals surface area contributed by atoms with Gasteiger partial charge < -0.3 is 4.90 Å². The summed E-state index contributed by atoms with van der Waals surface area (Å²) in [5.74, 6) is 0.662. The summed E-state index contributed by atoms with van der Waals surface area (Å²) >= 11 is 6.19. The molecule has 2 unspecified atom stereocenters. The lowest BCUT2D eigenvalue weighted by Crippen LogP contribution is -2.43. The molecule has 1 aliphatic rings. The van der Waals surface area contributed by atoms with Crippen molar-refractivity contribution in [3.63, 3.8) is 0 Å². The first-order valence-electron chi connectivity index (χ1n) is 7.03. The van der Waals surface area contributed by atoms with Crippen LogP contribution in [-0.2, 0) is 11.2 Å². The van der Waals surface area contributed by atoms with Crippen LogP contribution in [0, 0.1) is 12.8 Å². The van der Waals surface area contributed by atoms with Gasteiger partial charge in [0, 0.05) is 24.9 Å². The molecule has 1 saturated heterocycles. The zero-order valence-corrected chi connectivity index (χ0v) is 12.5. The van der Waals surface area contributed by atoms with E-state index < -0.39 is 0 Å². The SMILES string of the molecule is Cc1ccc(CCC(=O)N2CCC(Cl)C(C)C2)cc1. The summed E-state index contributed by atoms with van der Waals surface area (Å²) in [6, 6.07) is 8.41. The molecule has 1 aromatic rings. The fourth-order valence-corrected chi connectivity index (χ4v) is 2.68. The Morgan fingerprint density at radius 2 is 2.05 bits per heavy atom. The van der Waals surface area contributed by atoms with Gasteiger partial charge in [-0.3, -0.25) is 4.79 Å². The van der Waals surface area contributed by atoms with Crippen LogP contribution in [-0.4, -0.2) is 29.3 Å². The minimum absolute atomic E-state index is 0.223. The fraction of sp³-hybridized carbons (Fsp3) is 0.562. The molecule has 0 aromatic heterocycles. The minimum Gasteiger partial charge on any atom is -0.342 e. The topological polar surface area (TPSA) is 20.3 Å². The van der Waals surface area contributed by atoms with Gasteiger partial charge in [-0.25, -0.2) is 0 Å². The lowest BCUT2D eigenvalue weighted by molar-refractivity contribution is -0.132. The Labute approximate surface area is 120 Å². The van der Waals surface area contributed by atoms with Crippen molar-refractivity contribution >= 4 is 17.5 Å². The fourth-order valence-electron chi connectivity index (χ4n) is 2.51. The van der Waals surface area contributed by atoms with E-state index in [0.29, 0.717) is 12.3 Å². The number of carbonyl (C=O) groups excluding carboxylic acids is 1. The molecule has 1 aliphatic heterocycles. The average molecular weight is 280 g/mol. The normalized spacial score (nSPS) is 23.4. The highest BCUT2D eigenvalue weighted by Gasteiger charge is 2.26. The quantitative estimate of drug-likeness (QED) is 0.777. The van der Waals surface area contributed by atoms with Crippen LogP contribution in [0.25, 0.3) is 0 Å². The van der Waals surface area contributed by atoms with E-state index in [2.05, 4.69) is 38.1 Å². The van der Waals surface area contributed by atoms with Crippen LogP contribution in [0.2, 0.25) is 0 Å². The van der Waals surface area contributed by atoms with E-state index >= 15 is 0 Å². The van der Waals surface area contributed by atoms with Crippen molar-refractivity contribution in [3.8, 4) is 0 Å². The number of halogens is 1. The molecule has 0 saturated carbocycles. The highest BCUT2D eigenvalue weighted by atomic mass is 35.5. The van der Waals surface area contributed by atoms with Crippen molar-refractivity contribution in [2.75, 3.05) is 13.1 Å². The summed E-state index contributed by atoms with van der Waals surface area (Å²) in [5.41, 5.74) is 2.49. The third-order valence-corrected chi connectivity index (χ3v) is 4.55. The molecule has 1 aromatic carbocycles. The Kier molecular flexibility index (Phi) is 4.87. The lowest BCUT2D eigenvalue weighted by atomic mass is 9.99. The predicted molar refractivity (Wildman–Crippen MR) is 79.5 cm³/mol. The molecule has 0 aliphatic carbocycles. The molecule has 2 rings (SSSR count). The average Bonchev–Trinajstić information content (AvgIpc) is 2.41. The number of carbonyl (C=O) groups is 1. The monoisotopic (exact) mass is 279 g/mol. The van der Waals surface area contributed by atoms with Gasteiger partial charge in [0.2, 0.25) is 5.91 Å². The van der Waals surface area contributed by atoms with Gasteiger partial charge in [-0.15, -0.1) is 11.6 Å². The van der Waals surface area contributed by atoms with Crippen molar-refractivity contribution in [1.82, 2.24) is 4.90 Å². The second-order valence-corrected chi connectivity index (χ2v) is 6.17. The van der Waals surface area contributed by atoms with Crippen LogP contribution >= 0.6 is 11.6 Å². The molecule has 1 amide bonds. The van der Waals surface area contributed by atoms with Crippen molar-refractivity contribution in [3.05, 3.63) is 35.4 Å². The molecular weight excluding hydrogens is 258 g/mol. The summed E-state index contributed by atoms with van der Waals surface area (Å²) in [6.45, 7) is 5.82. The van der Waals surface area contributed by atoms with Gasteiger partial charge in [0.1, 0.15) is 0 Å². The van der Waals surface area contributed by atoms with E-state index in [1.807, 2.05) is 4.90 Å². The third kappa shape index (κ3) is 3.97. The van der Waals surface area contributed by atoms with Crippen molar-refractivity contribution in [1.29, 1.82) is 0 Å². The molecule has 0 N–H and O–H groups in total. The highest BCUT2D eigenvalue weighted by molar-refractivity contribution is 6.20. The van der Waals surface area contributed by atoms with Crippen LogP contribution < -0.4 is 0 Å². The number of rotatable bonds is 3. The second kappa shape index (κ2) is 6.42. The first-order chi connectivity index (χ1) is 9.06. The molecule has 3 heteroatoms. The van der Waals surface area contributed by atoms with Crippen LogP contribution in [0.15, 0.2) is 24.3 Å². The van der Waals surface area contributed by atoms with Crippen LogP contribution in [0.1, 0.15) is 30.9 Å². The van der Waals surface area contributed by atoms with Crippen LogP contribution in [0.4, 0.5) is 0 Å². The minimum atomic E-state index is 0.223. The van der Waals surface area contributed by atoms with Gasteiger partial charge >= 0.3 is 0 Å². The second-order valence-electron chi connectivity index (χ2n) is 5.61. The van der Waals surface area contributed by atoms with Gasteiger partial charge in [0.25, 0.3) is 0 Å². The Bertz CT molecular complexity index is 429. The zero-order chi connectivity index (χ0) is 13.8. The van der Waals surface area contributed by atoms with E-state index in [1.54, 1.807) is 0 Å². The first-order valence-corrected chi connectivity index (χ1v) is 7.47. The number of aryl methyl sites for hydroxylation is 2. The van der Waals surface area contributed by atoms with Crippen LogP contribution in [0.5, 0.6) is 0 Å². The van der Waals surface area contributed by atoms with Crippen LogP contribution in [0.3, 0.4) is 0 Å². The number of benzene rings is 1. The molecule has 104 valence electrons. The van der Waals surface area contributed by atoms with E-state index in [0.717, 1.165) is 25.9 Å². The molecule has 1 fully saturated rings. The Morgan fingerprint density at radius 3 is 2.68 bits per heavy atom. The number of amides is 1. The van der Waals surface area contributed by atoms with Gasteiger partial charge in [0.15, 0.2) is 0 Å². The standard InChI is InChI=1S/C16H22ClNO/c1-12-3-5-14(6-4-12)7-8-16(19)18-10-9-15(17)13(2)11-18/h3-6,13,15H,7-11H2,1-2H3. The molecule has 1 heterocycles. The largest absolute Gasteiger partial charge is 0.342 e. The molecule has 19 heavy (non-hydrogen) atoms. The summed E-state index contributed by atoms with van der Waals surface area (Å²) in [7, 11) is 0. The van der Waals surface area contributed by atoms with E-state index in [4.69, 9.17) is 11.6 Å². The molecular formula is C16H22ClNO. The molecule has 0 spiro atoms. The summed E-state index contributed by atoms with van der Waals surface area (Å²) in [6.07, 6.45) is 2.34. The Morgan fingerprint density at radius 1 is 1.37 bits per heavy atom. The van der Waals surface area contributed by atoms with E-state index in [-0.39, 0.29) is 11.3 Å². The number of alkyl halides is 1. The van der Waals surface area contributed by atoms with E-state index in [1.165, 1.54) is 11.1 Å². The maximum absolute atomic E-state index is 12.2. The number of nitrogens with zero attached hydrogens (tertiary/aromatic N) is 1. The van der Waals surface area contributed by atoms with Crippen molar-refractivity contribution in [2.24, 2.45) is 5.92 Å². The van der Waals surface area contributed by atoms with Crippen molar-refractivity contribution < 1.29 is 4.79 Å². The maximum atomic E-state index is 12.2. The van der Waals surface area contributed by atoms with Gasteiger partial charge in [-0.2, -0.15) is 0 Å². The third-order valence-electron chi connectivity index (χ3n) is 3.90. The smallest absolute Gasteiger partial charge is 0.222 e. The zero-order valence-electron chi connectivity index (χ0n) is 11.7. The molecule has 2 atom stereocenters. The number of piperidine rings is 1. The summed E-state index contributed by atoms with van der Waals surface area (Å²) < 4.78 is 0. The number of hydrogen-bond donors (Lipinski definition) is 0. The number of hydrogen-bond acceptors (Lipinski definition) is 1. The summed E-state index contributed by atoms with van der Waals surface area (Å²) in [4.78, 5) is 14.1. The van der Waals surface area contributed by atoms with E-state index in [9.17, 15) is 4.79 Å². The lowest BCUT2D eigenvalue weighted by Gasteiger charge is -2.34. The first kappa shape index (κ1) is 14.4. The molecule has 0 radical (unpaired) electrons. The Balaban J connectivity index is 1.83. The molecule has 0 bridgehead atoms. The highest BCUT2D eigenvalue weighted by Crippen LogP contribution is 2.22. The Hall–Kier alpha value is -1.02. The molecule has 2 nitrogen and oxygen atoms in total. The summed E-state index contributed by atoms with van der Waals surface area (Å²) in [5, 5.41) is 0.223. The number of likely N-dealkylation sites (tertiary alicyclic amines) is 1. The van der Waals surface area contributed by atoms with Crippen molar-refractivity contribution in [2.45, 2.75) is 38.5 Å². The van der Waals surface area contributed by atoms with Gasteiger partial charge in [-0.1, -0.05) is 36.8 Å². The van der Waals surface area contributed by atoms with Gasteiger partial charge in [0.05, 0.1) is 0 Å². The van der Waals surface area contributed by atoms with Gasteiger partial charge in [-0.05, 0) is 31.2 Å².